The molecule has 0 bridgehead atoms. The molecule has 3 heteroatoms. The Morgan fingerprint density at radius 3 is 2.00 bits per heavy atom. The Morgan fingerprint density at radius 1 is 1.62 bits per heavy atom. The first-order valence-electron chi connectivity index (χ1n) is 2.55. The van der Waals surface area contributed by atoms with Gasteiger partial charge in [0.25, 0.3) is 0 Å². The molecule has 0 saturated carbocycles. The lowest BCUT2D eigenvalue weighted by molar-refractivity contribution is 0.668. The van der Waals surface area contributed by atoms with Crippen molar-refractivity contribution in [3.63, 3.8) is 0 Å². The summed E-state index contributed by atoms with van der Waals surface area (Å²) >= 11 is 0. The highest BCUT2D eigenvalue weighted by Crippen LogP contribution is 1.92. The zero-order valence-electron chi connectivity index (χ0n) is 5.60. The maximum atomic E-state index is 11.0. The molecule has 1 unspecified atom stereocenters. The van der Waals surface area contributed by atoms with Crippen LogP contribution in [0.5, 0.6) is 0 Å². The molecule has 1 N–H and O–H groups in total. The van der Waals surface area contributed by atoms with Crippen LogP contribution in [-0.2, 0) is 9.71 Å². The molecular weight excluding hydrogens is 122 g/mol. The van der Waals surface area contributed by atoms with Crippen molar-refractivity contribution < 1.29 is 4.21 Å². The third kappa shape index (κ3) is 1.84. The molecule has 50 valence electrons. The van der Waals surface area contributed by atoms with E-state index < -0.39 is 9.71 Å². The fourth-order valence-electron chi connectivity index (χ4n) is 0.236. The summed E-state index contributed by atoms with van der Waals surface area (Å²) in [4.78, 5) is 0. The normalized spacial score (nSPS) is 18.5. The first kappa shape index (κ1) is 7.98. The van der Waals surface area contributed by atoms with Gasteiger partial charge in [0.2, 0.25) is 0 Å². The van der Waals surface area contributed by atoms with Crippen molar-refractivity contribution in [1.82, 2.24) is 4.72 Å². The summed E-state index contributed by atoms with van der Waals surface area (Å²) in [5.74, 6) is 3.50. The fourth-order valence-corrected chi connectivity index (χ4v) is 0.707. The lowest BCUT2D eigenvalue weighted by Gasteiger charge is -2.09. The molecular formula is C5H13NOS. The Morgan fingerprint density at radius 2 is 2.00 bits per heavy atom. The minimum atomic E-state index is -1.99. The molecule has 0 spiro atoms. The fraction of sp³-hybridized carbons (Fsp3) is 0.800. The second-order valence-corrected chi connectivity index (χ2v) is 4.78. The van der Waals surface area contributed by atoms with Crippen LogP contribution < -0.4 is 4.72 Å². The van der Waals surface area contributed by atoms with Crippen LogP contribution >= 0.6 is 0 Å². The Hall–Kier alpha value is -0.0200. The van der Waals surface area contributed by atoms with E-state index >= 15 is 0 Å². The number of hydrogen-bond donors (Lipinski definition) is 1. The van der Waals surface area contributed by atoms with Crippen LogP contribution in [0, 0.1) is 0 Å². The predicted octanol–water partition coefficient (Wildman–Crippen LogP) is 0.246. The van der Waals surface area contributed by atoms with Gasteiger partial charge in [0, 0.05) is 15.0 Å². The maximum Gasteiger partial charge on any atom is 0.0345 e. The van der Waals surface area contributed by atoms with Gasteiger partial charge in [-0.2, -0.15) is 0 Å². The molecule has 0 rings (SSSR count). The predicted molar refractivity (Wildman–Crippen MR) is 39.5 cm³/mol. The van der Waals surface area contributed by atoms with Crippen LogP contribution in [0.15, 0.2) is 0 Å². The Balaban J connectivity index is 4.17. The molecule has 0 aliphatic rings. The first-order chi connectivity index (χ1) is 3.50. The molecule has 0 aromatic carbocycles. The zero-order valence-corrected chi connectivity index (χ0v) is 6.42. The van der Waals surface area contributed by atoms with Crippen LogP contribution in [0.2, 0.25) is 0 Å². The van der Waals surface area contributed by atoms with E-state index in [0.29, 0.717) is 0 Å². The second kappa shape index (κ2) is 2.51. The van der Waals surface area contributed by atoms with Crippen molar-refractivity contribution in [2.24, 2.45) is 0 Å². The molecule has 0 amide bonds. The third-order valence-electron chi connectivity index (χ3n) is 1.11. The number of hydrogen-bond acceptors (Lipinski definition) is 1. The summed E-state index contributed by atoms with van der Waals surface area (Å²) < 4.78 is 13.7. The summed E-state index contributed by atoms with van der Waals surface area (Å²) in [6.07, 6.45) is 0. The van der Waals surface area contributed by atoms with Crippen LogP contribution in [0.1, 0.15) is 13.8 Å². The quantitative estimate of drug-likeness (QED) is 0.540. The summed E-state index contributed by atoms with van der Waals surface area (Å²) in [5, 5.41) is 0.118. The molecule has 0 radical (unpaired) electrons. The monoisotopic (exact) mass is 135 g/mol. The zero-order chi connectivity index (χ0) is 6.78. The SMILES string of the molecule is C=S(=O)(NC)C(C)C. The van der Waals surface area contributed by atoms with E-state index in [0.717, 1.165) is 0 Å². The maximum absolute atomic E-state index is 11.0. The van der Waals surface area contributed by atoms with Crippen molar-refractivity contribution in [2.45, 2.75) is 19.1 Å². The van der Waals surface area contributed by atoms with Gasteiger partial charge >= 0.3 is 0 Å². The Bertz CT molecular complexity index is 146. The number of nitrogens with one attached hydrogen (secondary N) is 1. The minimum Gasteiger partial charge on any atom is -0.253 e. The Kier molecular flexibility index (Phi) is 2.50. The van der Waals surface area contributed by atoms with Gasteiger partial charge in [-0.1, -0.05) is 13.8 Å². The minimum absolute atomic E-state index is 0.118. The van der Waals surface area contributed by atoms with Crippen molar-refractivity contribution in [3.8, 4) is 0 Å². The summed E-state index contributed by atoms with van der Waals surface area (Å²) in [7, 11) is -0.324. The van der Waals surface area contributed by atoms with Gasteiger partial charge in [0.15, 0.2) is 0 Å². The van der Waals surface area contributed by atoms with Crippen LogP contribution in [0.25, 0.3) is 0 Å². The van der Waals surface area contributed by atoms with E-state index in [4.69, 9.17) is 0 Å². The lowest BCUT2D eigenvalue weighted by Crippen LogP contribution is -2.26. The van der Waals surface area contributed by atoms with Crippen molar-refractivity contribution in [2.75, 3.05) is 7.05 Å². The molecule has 0 fully saturated rings. The van der Waals surface area contributed by atoms with Gasteiger partial charge < -0.3 is 0 Å². The van der Waals surface area contributed by atoms with E-state index in [2.05, 4.69) is 10.6 Å². The molecule has 0 saturated heterocycles. The van der Waals surface area contributed by atoms with E-state index in [1.807, 2.05) is 13.8 Å². The highest BCUT2D eigenvalue weighted by Gasteiger charge is 2.03. The van der Waals surface area contributed by atoms with Crippen molar-refractivity contribution in [1.29, 1.82) is 0 Å². The summed E-state index contributed by atoms with van der Waals surface area (Å²) in [6.45, 7) is 3.76. The van der Waals surface area contributed by atoms with Crippen LogP contribution in [0.3, 0.4) is 0 Å². The molecule has 0 aromatic rings. The third-order valence-corrected chi connectivity index (χ3v) is 3.32. The van der Waals surface area contributed by atoms with E-state index in [1.165, 1.54) is 0 Å². The largest absolute Gasteiger partial charge is 0.253 e. The van der Waals surface area contributed by atoms with E-state index in [-0.39, 0.29) is 5.25 Å². The van der Waals surface area contributed by atoms with Gasteiger partial charge in [-0.3, -0.25) is 4.21 Å². The van der Waals surface area contributed by atoms with Crippen LogP contribution in [-0.4, -0.2) is 22.4 Å². The van der Waals surface area contributed by atoms with Gasteiger partial charge in [-0.05, 0) is 12.9 Å². The highest BCUT2D eigenvalue weighted by atomic mass is 32.2. The van der Waals surface area contributed by atoms with Crippen molar-refractivity contribution >= 4 is 15.6 Å². The number of rotatable bonds is 2. The summed E-state index contributed by atoms with van der Waals surface area (Å²) in [6, 6.07) is 0. The van der Waals surface area contributed by atoms with Crippen molar-refractivity contribution in [3.05, 3.63) is 0 Å². The second-order valence-electron chi connectivity index (χ2n) is 1.98. The van der Waals surface area contributed by atoms with Gasteiger partial charge in [-0.15, -0.1) is 0 Å². The highest BCUT2D eigenvalue weighted by molar-refractivity contribution is 7.99. The Labute approximate surface area is 51.4 Å². The average molecular weight is 135 g/mol. The topological polar surface area (TPSA) is 29.1 Å². The molecule has 0 aliphatic heterocycles. The van der Waals surface area contributed by atoms with Gasteiger partial charge in [-0.25, -0.2) is 4.72 Å². The van der Waals surface area contributed by atoms with E-state index in [9.17, 15) is 4.21 Å². The molecule has 0 aliphatic carbocycles. The lowest BCUT2D eigenvalue weighted by atomic mass is 10.6. The average Bonchev–Trinajstić information content (AvgIpc) is 1.67. The van der Waals surface area contributed by atoms with Crippen LogP contribution in [0.4, 0.5) is 0 Å². The smallest absolute Gasteiger partial charge is 0.0345 e. The molecule has 0 aromatic heterocycles. The molecule has 8 heavy (non-hydrogen) atoms. The standard InChI is InChI=1S/C5H13NOS/c1-5(2)8(4,7)6-3/h5H,4H2,1-3H3,(H,6,7). The first-order valence-corrected chi connectivity index (χ1v) is 4.34. The molecule has 0 heterocycles. The molecule has 1 atom stereocenters. The van der Waals surface area contributed by atoms with Gasteiger partial charge in [0.05, 0.1) is 0 Å². The van der Waals surface area contributed by atoms with Gasteiger partial charge in [0.1, 0.15) is 0 Å². The molecule has 2 nitrogen and oxygen atoms in total. The summed E-state index contributed by atoms with van der Waals surface area (Å²) in [5.41, 5.74) is 0. The van der Waals surface area contributed by atoms with E-state index in [1.54, 1.807) is 7.05 Å².